The fourth-order valence-corrected chi connectivity index (χ4v) is 4.33. The van der Waals surface area contributed by atoms with Crippen LogP contribution in [0.15, 0.2) is 35.7 Å². The van der Waals surface area contributed by atoms with E-state index in [9.17, 15) is 17.8 Å². The molecule has 0 bridgehead atoms. The van der Waals surface area contributed by atoms with Crippen molar-refractivity contribution in [2.24, 2.45) is 0 Å². The third-order valence-electron chi connectivity index (χ3n) is 4.09. The molecule has 28 heavy (non-hydrogen) atoms. The number of fused-ring (bicyclic) bond motifs is 1. The molecule has 1 atom stereocenters. The normalized spacial score (nSPS) is 15.1. The minimum Gasteiger partial charge on any atom is -0.726 e. The standard InChI is InChI=1S/C16H16ClNO2S.C2H6O4S/c1-20-16(19)15(12-4-2-3-5-13(12)17)18-8-6-14-11(10-18)7-9-21-14;1-2-6-7(3,4)5/h2-5,7,9,15H,6,8,10H2,1H3;2H2,1H3,(H,3,4,5)/p-1/t15-;/m0./s1. The smallest absolute Gasteiger partial charge is 0.327 e. The summed E-state index contributed by atoms with van der Waals surface area (Å²) in [5.41, 5.74) is 2.11. The summed E-state index contributed by atoms with van der Waals surface area (Å²) in [4.78, 5) is 15.8. The lowest BCUT2D eigenvalue weighted by molar-refractivity contribution is -0.147. The van der Waals surface area contributed by atoms with E-state index in [1.807, 2.05) is 24.3 Å². The Morgan fingerprint density at radius 3 is 2.64 bits per heavy atom. The second-order valence-corrected chi connectivity index (χ2v) is 8.31. The number of esters is 1. The highest BCUT2D eigenvalue weighted by molar-refractivity contribution is 7.80. The zero-order valence-electron chi connectivity index (χ0n) is 15.5. The molecule has 0 saturated carbocycles. The molecule has 0 N–H and O–H groups in total. The number of benzene rings is 1. The molecule has 0 radical (unpaired) electrons. The van der Waals surface area contributed by atoms with Crippen LogP contribution in [0.25, 0.3) is 0 Å². The van der Waals surface area contributed by atoms with Crippen molar-refractivity contribution < 1.29 is 26.7 Å². The summed E-state index contributed by atoms with van der Waals surface area (Å²) >= 11 is 8.07. The van der Waals surface area contributed by atoms with Gasteiger partial charge >= 0.3 is 5.97 Å². The van der Waals surface area contributed by atoms with Crippen LogP contribution in [0.5, 0.6) is 0 Å². The van der Waals surface area contributed by atoms with Gasteiger partial charge in [0.25, 0.3) is 0 Å². The van der Waals surface area contributed by atoms with Crippen molar-refractivity contribution in [2.45, 2.75) is 25.9 Å². The Labute approximate surface area is 173 Å². The second-order valence-electron chi connectivity index (χ2n) is 5.85. The maximum atomic E-state index is 12.3. The van der Waals surface area contributed by atoms with Crippen LogP contribution >= 0.6 is 22.9 Å². The highest BCUT2D eigenvalue weighted by Gasteiger charge is 2.32. The summed E-state index contributed by atoms with van der Waals surface area (Å²) in [5.74, 6) is -0.262. The lowest BCUT2D eigenvalue weighted by Gasteiger charge is -2.33. The Hall–Kier alpha value is -1.49. The van der Waals surface area contributed by atoms with Crippen LogP contribution in [0.3, 0.4) is 0 Å². The van der Waals surface area contributed by atoms with Crippen molar-refractivity contribution in [2.75, 3.05) is 20.3 Å². The predicted molar refractivity (Wildman–Crippen MR) is 106 cm³/mol. The highest BCUT2D eigenvalue weighted by Crippen LogP contribution is 2.33. The molecular formula is C18H21ClNO6S2-. The molecular weight excluding hydrogens is 426 g/mol. The fraction of sp³-hybridized carbons (Fsp3) is 0.389. The van der Waals surface area contributed by atoms with Crippen molar-refractivity contribution >= 4 is 39.3 Å². The Morgan fingerprint density at radius 2 is 2.07 bits per heavy atom. The molecule has 0 fully saturated rings. The topological polar surface area (TPSA) is 96.0 Å². The summed E-state index contributed by atoms with van der Waals surface area (Å²) in [6, 6.07) is 9.16. The van der Waals surface area contributed by atoms with E-state index in [2.05, 4.69) is 20.5 Å². The van der Waals surface area contributed by atoms with Crippen LogP contribution < -0.4 is 0 Å². The number of carbonyl (C=O) groups is 1. The molecule has 0 amide bonds. The maximum Gasteiger partial charge on any atom is 0.327 e. The lowest BCUT2D eigenvalue weighted by atomic mass is 10.0. The van der Waals surface area contributed by atoms with E-state index in [0.29, 0.717) is 5.02 Å². The quantitative estimate of drug-likeness (QED) is 0.395. The van der Waals surface area contributed by atoms with Crippen molar-refractivity contribution in [1.29, 1.82) is 0 Å². The number of thiophene rings is 1. The second kappa shape index (κ2) is 10.3. The van der Waals surface area contributed by atoms with Gasteiger partial charge in [-0.05, 0) is 42.0 Å². The van der Waals surface area contributed by atoms with Crippen LogP contribution in [0.2, 0.25) is 5.02 Å². The largest absolute Gasteiger partial charge is 0.726 e. The van der Waals surface area contributed by atoms with Crippen LogP contribution in [0, 0.1) is 0 Å². The van der Waals surface area contributed by atoms with E-state index in [1.165, 1.54) is 24.5 Å². The number of rotatable bonds is 5. The average Bonchev–Trinajstić information content (AvgIpc) is 3.11. The summed E-state index contributed by atoms with van der Waals surface area (Å²) in [6.07, 6.45) is 0.963. The van der Waals surface area contributed by atoms with Gasteiger partial charge in [-0.2, -0.15) is 0 Å². The van der Waals surface area contributed by atoms with Gasteiger partial charge in [-0.15, -0.1) is 11.3 Å². The van der Waals surface area contributed by atoms with Gasteiger partial charge in [0, 0.05) is 23.0 Å². The van der Waals surface area contributed by atoms with E-state index < -0.39 is 16.4 Å². The first-order valence-electron chi connectivity index (χ1n) is 8.48. The number of hydrogen-bond acceptors (Lipinski definition) is 8. The van der Waals surface area contributed by atoms with Crippen LogP contribution in [0.1, 0.15) is 29.0 Å². The fourth-order valence-electron chi connectivity index (χ4n) is 2.92. The summed E-state index contributed by atoms with van der Waals surface area (Å²) in [6.45, 7) is 2.92. The molecule has 1 aliphatic rings. The monoisotopic (exact) mass is 446 g/mol. The number of ether oxygens (including phenoxy) is 1. The molecule has 2 aromatic rings. The molecule has 0 unspecified atom stereocenters. The van der Waals surface area contributed by atoms with E-state index in [4.69, 9.17) is 16.3 Å². The van der Waals surface area contributed by atoms with E-state index in [-0.39, 0.29) is 12.6 Å². The maximum absolute atomic E-state index is 12.3. The molecule has 1 aliphatic heterocycles. The first-order chi connectivity index (χ1) is 13.3. The number of methoxy groups -OCH3 is 1. The highest BCUT2D eigenvalue weighted by atomic mass is 35.5. The van der Waals surface area contributed by atoms with Gasteiger partial charge in [-0.3, -0.25) is 9.08 Å². The Kier molecular flexibility index (Phi) is 8.41. The van der Waals surface area contributed by atoms with Crippen molar-refractivity contribution in [1.82, 2.24) is 4.90 Å². The van der Waals surface area contributed by atoms with E-state index in [1.54, 1.807) is 11.3 Å². The van der Waals surface area contributed by atoms with Crippen molar-refractivity contribution in [3.05, 3.63) is 56.7 Å². The first-order valence-corrected chi connectivity index (χ1v) is 11.1. The zero-order valence-corrected chi connectivity index (χ0v) is 17.8. The van der Waals surface area contributed by atoms with Crippen molar-refractivity contribution in [3.63, 3.8) is 0 Å². The number of nitrogens with zero attached hydrogens (tertiary/aromatic N) is 1. The molecule has 7 nitrogen and oxygen atoms in total. The number of halogens is 1. The Bertz CT molecular complexity index is 899. The van der Waals surface area contributed by atoms with Gasteiger partial charge in [-0.1, -0.05) is 29.8 Å². The molecule has 1 aromatic heterocycles. The van der Waals surface area contributed by atoms with Gasteiger partial charge in [0.1, 0.15) is 6.04 Å². The zero-order chi connectivity index (χ0) is 20.7. The van der Waals surface area contributed by atoms with Crippen LogP contribution in [0.4, 0.5) is 0 Å². The molecule has 0 saturated heterocycles. The number of carbonyl (C=O) groups excluding carboxylic acids is 1. The first kappa shape index (κ1) is 22.8. The van der Waals surface area contributed by atoms with Gasteiger partial charge in [-0.25, -0.2) is 13.2 Å². The van der Waals surface area contributed by atoms with E-state index in [0.717, 1.165) is 25.1 Å². The minimum absolute atomic E-state index is 0.0914. The van der Waals surface area contributed by atoms with Gasteiger partial charge in [0.05, 0.1) is 13.7 Å². The lowest BCUT2D eigenvalue weighted by Crippen LogP contribution is -2.38. The average molecular weight is 447 g/mol. The molecule has 0 spiro atoms. The van der Waals surface area contributed by atoms with Crippen molar-refractivity contribution in [3.8, 4) is 0 Å². The molecule has 10 heteroatoms. The Balaban J connectivity index is 0.000000345. The minimum atomic E-state index is -4.42. The van der Waals surface area contributed by atoms with Crippen LogP contribution in [-0.2, 0) is 37.1 Å². The van der Waals surface area contributed by atoms with Gasteiger partial charge < -0.3 is 9.29 Å². The summed E-state index contributed by atoms with van der Waals surface area (Å²) in [5, 5.41) is 2.71. The third-order valence-corrected chi connectivity index (χ3v) is 5.98. The van der Waals surface area contributed by atoms with E-state index >= 15 is 0 Å². The summed E-state index contributed by atoms with van der Waals surface area (Å²) < 4.78 is 37.0. The van der Waals surface area contributed by atoms with Gasteiger partial charge in [0.2, 0.25) is 10.4 Å². The van der Waals surface area contributed by atoms with Crippen LogP contribution in [-0.4, -0.2) is 44.1 Å². The summed E-state index contributed by atoms with van der Waals surface area (Å²) in [7, 11) is -3.00. The SMILES string of the molecule is CCOS(=O)(=O)[O-].COC(=O)[C@H](c1ccccc1Cl)N1CCc2sccc2C1. The molecule has 0 aliphatic carbocycles. The molecule has 1 aromatic carbocycles. The molecule has 2 heterocycles. The Morgan fingerprint density at radius 1 is 1.36 bits per heavy atom. The van der Waals surface area contributed by atoms with Gasteiger partial charge in [0.15, 0.2) is 0 Å². The number of hydrogen-bond donors (Lipinski definition) is 0. The molecule has 3 rings (SSSR count). The molecule has 154 valence electrons. The predicted octanol–water partition coefficient (Wildman–Crippen LogP) is 3.16. The third kappa shape index (κ3) is 6.26.